The highest BCUT2D eigenvalue weighted by Crippen LogP contribution is 2.11. The van der Waals surface area contributed by atoms with Crippen LogP contribution in [0, 0.1) is 0 Å². The molecule has 156 valence electrons. The van der Waals surface area contributed by atoms with Crippen LogP contribution in [0.15, 0.2) is 30.3 Å². The van der Waals surface area contributed by atoms with Crippen molar-refractivity contribution in [3.63, 3.8) is 0 Å². The van der Waals surface area contributed by atoms with Crippen molar-refractivity contribution in [2.75, 3.05) is 13.1 Å². The van der Waals surface area contributed by atoms with E-state index in [1.807, 2.05) is 30.3 Å². The molecule has 0 aromatic heterocycles. The largest absolute Gasteiger partial charge is 0.458 e. The fraction of sp³-hybridized carbons (Fsp3) is 0.550. The molecule has 0 saturated heterocycles. The number of unbranched alkanes of at least 4 members (excludes halogenated alkanes) is 1. The molecular formula is C20H31N3O5. The van der Waals surface area contributed by atoms with Crippen LogP contribution in [0.25, 0.3) is 0 Å². The SMILES string of the molecule is CC(C)(C)OC(=O)[C@H](CCCCNC(=O)OCc1ccccc1)NC(=O)CN. The molecular weight excluding hydrogens is 362 g/mol. The Kier molecular flexibility index (Phi) is 10.0. The Hall–Kier alpha value is -2.61. The Balaban J connectivity index is 2.31. The number of hydrogen-bond donors (Lipinski definition) is 3. The first-order chi connectivity index (χ1) is 13.2. The molecule has 0 aliphatic heterocycles. The zero-order valence-corrected chi connectivity index (χ0v) is 16.8. The van der Waals surface area contributed by atoms with Crippen molar-refractivity contribution in [1.82, 2.24) is 10.6 Å². The topological polar surface area (TPSA) is 120 Å². The molecule has 0 bridgehead atoms. The van der Waals surface area contributed by atoms with E-state index in [9.17, 15) is 14.4 Å². The van der Waals surface area contributed by atoms with Crippen LogP contribution >= 0.6 is 0 Å². The van der Waals surface area contributed by atoms with E-state index in [-0.39, 0.29) is 13.2 Å². The van der Waals surface area contributed by atoms with E-state index in [4.69, 9.17) is 15.2 Å². The summed E-state index contributed by atoms with van der Waals surface area (Å²) in [4.78, 5) is 35.5. The molecule has 0 heterocycles. The summed E-state index contributed by atoms with van der Waals surface area (Å²) >= 11 is 0. The maximum absolute atomic E-state index is 12.2. The zero-order chi connectivity index (χ0) is 21.0. The quantitative estimate of drug-likeness (QED) is 0.412. The highest BCUT2D eigenvalue weighted by molar-refractivity contribution is 5.85. The maximum atomic E-state index is 12.2. The number of rotatable bonds is 10. The van der Waals surface area contributed by atoms with Crippen molar-refractivity contribution in [2.45, 2.75) is 58.3 Å². The first kappa shape index (κ1) is 23.4. The van der Waals surface area contributed by atoms with Gasteiger partial charge in [-0.2, -0.15) is 0 Å². The van der Waals surface area contributed by atoms with Crippen LogP contribution in [0.4, 0.5) is 4.79 Å². The van der Waals surface area contributed by atoms with Gasteiger partial charge in [-0.05, 0) is 45.6 Å². The van der Waals surface area contributed by atoms with Gasteiger partial charge in [-0.15, -0.1) is 0 Å². The minimum absolute atomic E-state index is 0.200. The standard InChI is InChI=1S/C20H31N3O5/c1-20(2,3)28-18(25)16(23-17(24)13-21)11-7-8-12-22-19(26)27-14-15-9-5-4-6-10-15/h4-6,9-10,16H,7-8,11-14,21H2,1-3H3,(H,22,26)(H,23,24)/t16-/m0/s1. The van der Waals surface area contributed by atoms with Crippen molar-refractivity contribution in [2.24, 2.45) is 5.73 Å². The van der Waals surface area contributed by atoms with Gasteiger partial charge in [0.2, 0.25) is 5.91 Å². The highest BCUT2D eigenvalue weighted by Gasteiger charge is 2.25. The number of carbonyl (C=O) groups is 3. The van der Waals surface area contributed by atoms with Crippen molar-refractivity contribution in [1.29, 1.82) is 0 Å². The van der Waals surface area contributed by atoms with Gasteiger partial charge in [-0.1, -0.05) is 30.3 Å². The molecule has 4 N–H and O–H groups in total. The molecule has 0 aliphatic rings. The van der Waals surface area contributed by atoms with Gasteiger partial charge in [0.1, 0.15) is 18.2 Å². The molecule has 0 aliphatic carbocycles. The van der Waals surface area contributed by atoms with Gasteiger partial charge in [0.25, 0.3) is 0 Å². The predicted octanol–water partition coefficient (Wildman–Crippen LogP) is 1.87. The number of benzene rings is 1. The van der Waals surface area contributed by atoms with E-state index in [0.717, 1.165) is 5.56 Å². The molecule has 1 aromatic rings. The lowest BCUT2D eigenvalue weighted by Gasteiger charge is -2.24. The molecule has 1 rings (SSSR count). The first-order valence-corrected chi connectivity index (χ1v) is 9.38. The number of esters is 1. The highest BCUT2D eigenvalue weighted by atomic mass is 16.6. The molecule has 1 aromatic carbocycles. The van der Waals surface area contributed by atoms with Gasteiger partial charge in [0.05, 0.1) is 6.54 Å². The van der Waals surface area contributed by atoms with Gasteiger partial charge in [-0.3, -0.25) is 4.79 Å². The summed E-state index contributed by atoms with van der Waals surface area (Å²) in [5, 5.41) is 5.24. The monoisotopic (exact) mass is 393 g/mol. The number of alkyl carbamates (subject to hydrolysis) is 1. The third-order valence-electron chi connectivity index (χ3n) is 3.61. The number of nitrogens with one attached hydrogen (secondary N) is 2. The summed E-state index contributed by atoms with van der Waals surface area (Å²) in [6, 6.07) is 8.63. The fourth-order valence-electron chi connectivity index (χ4n) is 2.31. The second kappa shape index (κ2) is 12.0. The lowest BCUT2D eigenvalue weighted by atomic mass is 10.1. The average molecular weight is 393 g/mol. The average Bonchev–Trinajstić information content (AvgIpc) is 2.64. The number of nitrogens with two attached hydrogens (primary N) is 1. The summed E-state index contributed by atoms with van der Waals surface area (Å²) in [7, 11) is 0. The van der Waals surface area contributed by atoms with Crippen LogP contribution in [-0.2, 0) is 25.7 Å². The van der Waals surface area contributed by atoms with Crippen molar-refractivity contribution >= 4 is 18.0 Å². The Morgan fingerprint density at radius 1 is 1.11 bits per heavy atom. The third-order valence-corrected chi connectivity index (χ3v) is 3.61. The van der Waals surface area contributed by atoms with Gasteiger partial charge in [0.15, 0.2) is 0 Å². The maximum Gasteiger partial charge on any atom is 0.407 e. The fourth-order valence-corrected chi connectivity index (χ4v) is 2.31. The van der Waals surface area contributed by atoms with Crippen molar-refractivity contribution in [3.05, 3.63) is 35.9 Å². The molecule has 0 radical (unpaired) electrons. The van der Waals surface area contributed by atoms with Gasteiger partial charge in [0, 0.05) is 6.54 Å². The van der Waals surface area contributed by atoms with E-state index in [1.54, 1.807) is 20.8 Å². The van der Waals surface area contributed by atoms with E-state index >= 15 is 0 Å². The molecule has 28 heavy (non-hydrogen) atoms. The smallest absolute Gasteiger partial charge is 0.407 e. The Bertz CT molecular complexity index is 628. The van der Waals surface area contributed by atoms with E-state index in [1.165, 1.54) is 0 Å². The summed E-state index contributed by atoms with van der Waals surface area (Å²) in [6.45, 7) is 5.69. The lowest BCUT2D eigenvalue weighted by molar-refractivity contribution is -0.158. The van der Waals surface area contributed by atoms with E-state index in [0.29, 0.717) is 25.8 Å². The Morgan fingerprint density at radius 3 is 2.39 bits per heavy atom. The Labute approximate surface area is 166 Å². The van der Waals surface area contributed by atoms with Gasteiger partial charge < -0.3 is 25.8 Å². The van der Waals surface area contributed by atoms with Crippen molar-refractivity contribution in [3.8, 4) is 0 Å². The normalized spacial score (nSPS) is 12.0. The van der Waals surface area contributed by atoms with Gasteiger partial charge in [-0.25, -0.2) is 9.59 Å². The molecule has 1 atom stereocenters. The molecule has 0 spiro atoms. The van der Waals surface area contributed by atoms with Crippen LogP contribution in [0.5, 0.6) is 0 Å². The molecule has 8 heteroatoms. The summed E-state index contributed by atoms with van der Waals surface area (Å²) in [6.07, 6.45) is 1.12. The second-order valence-electron chi connectivity index (χ2n) is 7.34. The van der Waals surface area contributed by atoms with Crippen LogP contribution in [-0.4, -0.2) is 42.7 Å². The number of hydrogen-bond acceptors (Lipinski definition) is 6. The van der Waals surface area contributed by atoms with Crippen LogP contribution in [0.2, 0.25) is 0 Å². The number of ether oxygens (including phenoxy) is 2. The number of amides is 2. The molecule has 0 saturated carbocycles. The van der Waals surface area contributed by atoms with Crippen LogP contribution < -0.4 is 16.4 Å². The van der Waals surface area contributed by atoms with Gasteiger partial charge >= 0.3 is 12.1 Å². The lowest BCUT2D eigenvalue weighted by Crippen LogP contribution is -2.46. The first-order valence-electron chi connectivity index (χ1n) is 9.38. The summed E-state index contributed by atoms with van der Waals surface area (Å²) in [5.41, 5.74) is 5.57. The predicted molar refractivity (Wildman–Crippen MR) is 105 cm³/mol. The van der Waals surface area contributed by atoms with E-state index < -0.39 is 29.6 Å². The van der Waals surface area contributed by atoms with Crippen molar-refractivity contribution < 1.29 is 23.9 Å². The molecule has 0 fully saturated rings. The van der Waals surface area contributed by atoms with Crippen LogP contribution in [0.1, 0.15) is 45.6 Å². The van der Waals surface area contributed by atoms with Crippen LogP contribution in [0.3, 0.4) is 0 Å². The Morgan fingerprint density at radius 2 is 1.79 bits per heavy atom. The minimum atomic E-state index is -0.764. The molecule has 2 amide bonds. The second-order valence-corrected chi connectivity index (χ2v) is 7.34. The minimum Gasteiger partial charge on any atom is -0.458 e. The zero-order valence-electron chi connectivity index (χ0n) is 16.8. The molecule has 8 nitrogen and oxygen atoms in total. The third kappa shape index (κ3) is 10.5. The summed E-state index contributed by atoms with van der Waals surface area (Å²) < 4.78 is 10.5. The molecule has 0 unspecified atom stereocenters. The van der Waals surface area contributed by atoms with E-state index in [2.05, 4.69) is 10.6 Å². The number of carbonyl (C=O) groups excluding carboxylic acids is 3. The summed E-state index contributed by atoms with van der Waals surface area (Å²) in [5.74, 6) is -0.914.